The van der Waals surface area contributed by atoms with Gasteiger partial charge in [-0.3, -0.25) is 0 Å². The fraction of sp³-hybridized carbons (Fsp3) is 0.625. The number of nitrogens with zero attached hydrogens (tertiary/aromatic N) is 1. The van der Waals surface area contributed by atoms with Crippen LogP contribution in [0.25, 0.3) is 0 Å². The molecule has 2 atom stereocenters. The second-order valence-electron chi connectivity index (χ2n) is 5.79. The van der Waals surface area contributed by atoms with Crippen molar-refractivity contribution in [2.75, 3.05) is 46.4 Å². The molecule has 2 aliphatic heterocycles. The summed E-state index contributed by atoms with van der Waals surface area (Å²) in [5, 5.41) is 3.58. The van der Waals surface area contributed by atoms with E-state index in [2.05, 4.69) is 35.5 Å². The Hall–Kier alpha value is -1.10. The highest BCUT2D eigenvalue weighted by molar-refractivity contribution is 5.37. The summed E-state index contributed by atoms with van der Waals surface area (Å²) in [6.45, 7) is 5.68. The zero-order valence-corrected chi connectivity index (χ0v) is 12.2. The van der Waals surface area contributed by atoms with Gasteiger partial charge in [-0.2, -0.15) is 0 Å². The predicted octanol–water partition coefficient (Wildman–Crippen LogP) is 1.47. The lowest BCUT2D eigenvalue weighted by Gasteiger charge is -2.31. The highest BCUT2D eigenvalue weighted by atomic mass is 16.5. The van der Waals surface area contributed by atoms with Gasteiger partial charge in [0.2, 0.25) is 0 Å². The summed E-state index contributed by atoms with van der Waals surface area (Å²) in [5.74, 6) is 1.61. The summed E-state index contributed by atoms with van der Waals surface area (Å²) >= 11 is 0. The van der Waals surface area contributed by atoms with E-state index in [0.29, 0.717) is 12.0 Å². The maximum atomic E-state index is 5.78. The first-order chi connectivity index (χ1) is 9.83. The number of fused-ring (bicyclic) bond motifs is 1. The average molecular weight is 276 g/mol. The van der Waals surface area contributed by atoms with E-state index in [9.17, 15) is 0 Å². The molecule has 1 N–H and O–H groups in total. The second kappa shape index (κ2) is 6.57. The van der Waals surface area contributed by atoms with E-state index in [1.807, 2.05) is 6.07 Å². The van der Waals surface area contributed by atoms with Gasteiger partial charge in [-0.15, -0.1) is 0 Å². The SMILES string of the molecule is CN1CCOC(CNCC2CCOc3ccccc32)C1. The molecule has 0 aromatic heterocycles. The van der Waals surface area contributed by atoms with Crippen molar-refractivity contribution >= 4 is 0 Å². The minimum Gasteiger partial charge on any atom is -0.493 e. The number of hydrogen-bond acceptors (Lipinski definition) is 4. The maximum absolute atomic E-state index is 5.78. The number of nitrogens with one attached hydrogen (secondary N) is 1. The van der Waals surface area contributed by atoms with Gasteiger partial charge in [-0.05, 0) is 25.1 Å². The first kappa shape index (κ1) is 13.9. The monoisotopic (exact) mass is 276 g/mol. The molecule has 1 aromatic carbocycles. The van der Waals surface area contributed by atoms with Crippen LogP contribution in [0.5, 0.6) is 5.75 Å². The van der Waals surface area contributed by atoms with Gasteiger partial charge in [0, 0.05) is 32.1 Å². The Kier molecular flexibility index (Phi) is 4.55. The fourth-order valence-corrected chi connectivity index (χ4v) is 3.04. The smallest absolute Gasteiger partial charge is 0.122 e. The van der Waals surface area contributed by atoms with Gasteiger partial charge in [0.25, 0.3) is 0 Å². The Morgan fingerprint density at radius 2 is 2.15 bits per heavy atom. The highest BCUT2D eigenvalue weighted by Crippen LogP contribution is 2.32. The van der Waals surface area contributed by atoms with Crippen molar-refractivity contribution in [2.24, 2.45) is 0 Å². The molecule has 1 saturated heterocycles. The summed E-state index contributed by atoms with van der Waals surface area (Å²) < 4.78 is 11.5. The van der Waals surface area contributed by atoms with Crippen molar-refractivity contribution < 1.29 is 9.47 Å². The standard InChI is InChI=1S/C16H24N2O2/c1-18-7-9-19-14(12-18)11-17-10-13-6-8-20-16-5-3-2-4-15(13)16/h2-5,13-14,17H,6-12H2,1H3. The Morgan fingerprint density at radius 1 is 1.25 bits per heavy atom. The first-order valence-corrected chi connectivity index (χ1v) is 7.55. The van der Waals surface area contributed by atoms with Crippen LogP contribution in [0, 0.1) is 0 Å². The zero-order valence-electron chi connectivity index (χ0n) is 12.2. The van der Waals surface area contributed by atoms with E-state index < -0.39 is 0 Å². The molecule has 0 radical (unpaired) electrons. The highest BCUT2D eigenvalue weighted by Gasteiger charge is 2.22. The van der Waals surface area contributed by atoms with E-state index >= 15 is 0 Å². The normalized spacial score (nSPS) is 26.9. The van der Waals surface area contributed by atoms with Crippen molar-refractivity contribution in [1.82, 2.24) is 10.2 Å². The summed E-state index contributed by atoms with van der Waals surface area (Å²) in [7, 11) is 2.16. The van der Waals surface area contributed by atoms with Crippen molar-refractivity contribution in [1.29, 1.82) is 0 Å². The fourth-order valence-electron chi connectivity index (χ4n) is 3.04. The maximum Gasteiger partial charge on any atom is 0.122 e. The molecule has 2 aliphatic rings. The molecule has 0 amide bonds. The molecule has 0 saturated carbocycles. The van der Waals surface area contributed by atoms with Crippen LogP contribution in [0.4, 0.5) is 0 Å². The van der Waals surface area contributed by atoms with Gasteiger partial charge in [0.05, 0.1) is 19.3 Å². The number of morpholine rings is 1. The zero-order chi connectivity index (χ0) is 13.8. The van der Waals surface area contributed by atoms with Crippen LogP contribution in [0.3, 0.4) is 0 Å². The third-order valence-electron chi connectivity index (χ3n) is 4.19. The number of rotatable bonds is 4. The molecule has 0 spiro atoms. The third-order valence-corrected chi connectivity index (χ3v) is 4.19. The molecule has 2 heterocycles. The van der Waals surface area contributed by atoms with E-state index in [-0.39, 0.29) is 0 Å². The van der Waals surface area contributed by atoms with Crippen LogP contribution < -0.4 is 10.1 Å². The molecular formula is C16H24N2O2. The number of para-hydroxylation sites is 1. The van der Waals surface area contributed by atoms with Crippen LogP contribution in [-0.4, -0.2) is 57.4 Å². The molecule has 1 aromatic rings. The Bertz CT molecular complexity index is 438. The van der Waals surface area contributed by atoms with E-state index in [4.69, 9.17) is 9.47 Å². The van der Waals surface area contributed by atoms with Crippen LogP contribution in [0.1, 0.15) is 17.9 Å². The number of ether oxygens (including phenoxy) is 2. The van der Waals surface area contributed by atoms with Gasteiger partial charge in [-0.25, -0.2) is 0 Å². The molecule has 3 rings (SSSR count). The molecule has 110 valence electrons. The van der Waals surface area contributed by atoms with E-state index in [0.717, 1.165) is 51.6 Å². The minimum atomic E-state index is 0.323. The summed E-state index contributed by atoms with van der Waals surface area (Å²) in [5.41, 5.74) is 1.34. The lowest BCUT2D eigenvalue weighted by molar-refractivity contribution is -0.0182. The molecule has 4 heteroatoms. The van der Waals surface area contributed by atoms with Crippen LogP contribution in [-0.2, 0) is 4.74 Å². The predicted molar refractivity (Wildman–Crippen MR) is 79.4 cm³/mol. The van der Waals surface area contributed by atoms with Crippen molar-refractivity contribution in [3.05, 3.63) is 29.8 Å². The molecule has 1 fully saturated rings. The van der Waals surface area contributed by atoms with Crippen LogP contribution >= 0.6 is 0 Å². The Labute approximate surface area is 121 Å². The third kappa shape index (κ3) is 3.32. The first-order valence-electron chi connectivity index (χ1n) is 7.55. The van der Waals surface area contributed by atoms with Gasteiger partial charge in [0.1, 0.15) is 5.75 Å². The van der Waals surface area contributed by atoms with E-state index in [1.54, 1.807) is 0 Å². The van der Waals surface area contributed by atoms with Crippen molar-refractivity contribution in [3.8, 4) is 5.75 Å². The van der Waals surface area contributed by atoms with Crippen molar-refractivity contribution in [2.45, 2.75) is 18.4 Å². The lowest BCUT2D eigenvalue weighted by Crippen LogP contribution is -2.45. The lowest BCUT2D eigenvalue weighted by atomic mass is 9.93. The van der Waals surface area contributed by atoms with Gasteiger partial charge in [-0.1, -0.05) is 18.2 Å². The van der Waals surface area contributed by atoms with Crippen molar-refractivity contribution in [3.63, 3.8) is 0 Å². The Balaban J connectivity index is 1.49. The number of likely N-dealkylation sites (N-methyl/N-ethyl adjacent to an activating group) is 1. The quantitative estimate of drug-likeness (QED) is 0.903. The van der Waals surface area contributed by atoms with Crippen LogP contribution in [0.15, 0.2) is 24.3 Å². The number of hydrogen-bond donors (Lipinski definition) is 1. The molecule has 0 aliphatic carbocycles. The number of benzene rings is 1. The Morgan fingerprint density at radius 3 is 3.05 bits per heavy atom. The summed E-state index contributed by atoms with van der Waals surface area (Å²) in [6, 6.07) is 8.40. The van der Waals surface area contributed by atoms with Gasteiger partial charge in [0.15, 0.2) is 0 Å². The summed E-state index contributed by atoms with van der Waals surface area (Å²) in [4.78, 5) is 2.33. The summed E-state index contributed by atoms with van der Waals surface area (Å²) in [6.07, 6.45) is 1.42. The topological polar surface area (TPSA) is 33.7 Å². The largest absolute Gasteiger partial charge is 0.493 e. The van der Waals surface area contributed by atoms with Gasteiger partial charge >= 0.3 is 0 Å². The van der Waals surface area contributed by atoms with E-state index in [1.165, 1.54) is 5.56 Å². The molecule has 4 nitrogen and oxygen atoms in total. The average Bonchev–Trinajstić information content (AvgIpc) is 2.48. The van der Waals surface area contributed by atoms with Crippen LogP contribution in [0.2, 0.25) is 0 Å². The minimum absolute atomic E-state index is 0.323. The molecule has 2 unspecified atom stereocenters. The molecule has 0 bridgehead atoms. The molecule has 20 heavy (non-hydrogen) atoms. The molecular weight excluding hydrogens is 252 g/mol. The second-order valence-corrected chi connectivity index (χ2v) is 5.79. The van der Waals surface area contributed by atoms with Gasteiger partial charge < -0.3 is 19.7 Å².